The van der Waals surface area contributed by atoms with E-state index in [9.17, 15) is 0 Å². The van der Waals surface area contributed by atoms with Crippen molar-refractivity contribution >= 4 is 28.2 Å². The Kier molecular flexibility index (Phi) is 4.27. The Hall–Kier alpha value is -1.32. The Bertz CT molecular complexity index is 561. The minimum atomic E-state index is 0.135. The molecular formula is C15H20ClN3. The molecule has 2 aromatic rings. The lowest BCUT2D eigenvalue weighted by Gasteiger charge is -2.21. The standard InChI is InChI=1S/C15H20ClN3/c1-15(2,3)19-8-7-17-13-10-12(16)9-11-5-4-6-18-14(11)13/h4-6,9-10,17,19H,7-8H2,1-3H3. The fourth-order valence-electron chi connectivity index (χ4n) is 1.93. The van der Waals surface area contributed by atoms with Crippen molar-refractivity contribution in [3.63, 3.8) is 0 Å². The number of nitrogens with one attached hydrogen (secondary N) is 2. The van der Waals surface area contributed by atoms with E-state index in [1.807, 2.05) is 24.3 Å². The maximum Gasteiger partial charge on any atom is 0.0934 e. The second-order valence-corrected chi connectivity index (χ2v) is 6.07. The van der Waals surface area contributed by atoms with E-state index in [-0.39, 0.29) is 5.54 Å². The second kappa shape index (κ2) is 5.76. The largest absolute Gasteiger partial charge is 0.382 e. The Labute approximate surface area is 119 Å². The van der Waals surface area contributed by atoms with Gasteiger partial charge in [0.25, 0.3) is 0 Å². The van der Waals surface area contributed by atoms with E-state index in [0.717, 1.165) is 34.7 Å². The highest BCUT2D eigenvalue weighted by molar-refractivity contribution is 6.31. The van der Waals surface area contributed by atoms with E-state index >= 15 is 0 Å². The normalized spacial score (nSPS) is 11.8. The van der Waals surface area contributed by atoms with Crippen molar-refractivity contribution in [2.24, 2.45) is 0 Å². The molecule has 0 radical (unpaired) electrons. The fraction of sp³-hybridized carbons (Fsp3) is 0.400. The summed E-state index contributed by atoms with van der Waals surface area (Å²) in [4.78, 5) is 4.41. The fourth-order valence-corrected chi connectivity index (χ4v) is 2.15. The molecule has 0 bridgehead atoms. The van der Waals surface area contributed by atoms with Crippen LogP contribution in [0.25, 0.3) is 10.9 Å². The Balaban J connectivity index is 2.08. The third-order valence-electron chi connectivity index (χ3n) is 2.77. The molecule has 1 heterocycles. The first-order chi connectivity index (χ1) is 8.96. The number of aromatic nitrogens is 1. The predicted molar refractivity (Wildman–Crippen MR) is 83.0 cm³/mol. The first-order valence-electron chi connectivity index (χ1n) is 6.49. The van der Waals surface area contributed by atoms with Crippen LogP contribution in [0.15, 0.2) is 30.5 Å². The summed E-state index contributed by atoms with van der Waals surface area (Å²) in [5.41, 5.74) is 2.08. The minimum absolute atomic E-state index is 0.135. The van der Waals surface area contributed by atoms with Crippen LogP contribution in [0.4, 0.5) is 5.69 Å². The number of hydrogen-bond donors (Lipinski definition) is 2. The van der Waals surface area contributed by atoms with Gasteiger partial charge < -0.3 is 10.6 Å². The molecule has 2 N–H and O–H groups in total. The summed E-state index contributed by atoms with van der Waals surface area (Å²) in [6.45, 7) is 8.20. The molecule has 0 aliphatic heterocycles. The molecule has 0 aliphatic carbocycles. The second-order valence-electron chi connectivity index (χ2n) is 5.63. The minimum Gasteiger partial charge on any atom is -0.382 e. The third-order valence-corrected chi connectivity index (χ3v) is 2.98. The molecule has 1 aromatic carbocycles. The molecule has 0 amide bonds. The van der Waals surface area contributed by atoms with Crippen LogP contribution in [0.2, 0.25) is 5.02 Å². The van der Waals surface area contributed by atoms with E-state index in [0.29, 0.717) is 0 Å². The summed E-state index contributed by atoms with van der Waals surface area (Å²) >= 11 is 6.13. The van der Waals surface area contributed by atoms with Crippen molar-refractivity contribution in [1.29, 1.82) is 0 Å². The van der Waals surface area contributed by atoms with Crippen molar-refractivity contribution < 1.29 is 0 Å². The Morgan fingerprint density at radius 3 is 2.74 bits per heavy atom. The van der Waals surface area contributed by atoms with Crippen molar-refractivity contribution in [3.05, 3.63) is 35.5 Å². The van der Waals surface area contributed by atoms with Crippen LogP contribution in [-0.4, -0.2) is 23.6 Å². The predicted octanol–water partition coefficient (Wildman–Crippen LogP) is 3.69. The van der Waals surface area contributed by atoms with Crippen molar-refractivity contribution in [1.82, 2.24) is 10.3 Å². The zero-order valence-corrected chi connectivity index (χ0v) is 12.4. The van der Waals surface area contributed by atoms with Crippen LogP contribution in [0.1, 0.15) is 20.8 Å². The molecule has 102 valence electrons. The number of benzene rings is 1. The lowest BCUT2D eigenvalue weighted by atomic mass is 10.1. The van der Waals surface area contributed by atoms with E-state index in [1.54, 1.807) is 6.20 Å². The SMILES string of the molecule is CC(C)(C)NCCNc1cc(Cl)cc2cccnc12. The smallest absolute Gasteiger partial charge is 0.0934 e. The van der Waals surface area contributed by atoms with Gasteiger partial charge in [0, 0.05) is 35.2 Å². The highest BCUT2D eigenvalue weighted by Crippen LogP contribution is 2.25. The van der Waals surface area contributed by atoms with Gasteiger partial charge in [-0.1, -0.05) is 17.7 Å². The zero-order chi connectivity index (χ0) is 13.9. The van der Waals surface area contributed by atoms with Crippen LogP contribution in [0.5, 0.6) is 0 Å². The van der Waals surface area contributed by atoms with E-state index in [1.165, 1.54) is 0 Å². The van der Waals surface area contributed by atoms with Gasteiger partial charge in [-0.25, -0.2) is 0 Å². The zero-order valence-electron chi connectivity index (χ0n) is 11.6. The van der Waals surface area contributed by atoms with Gasteiger partial charge >= 0.3 is 0 Å². The topological polar surface area (TPSA) is 37.0 Å². The number of hydrogen-bond acceptors (Lipinski definition) is 3. The lowest BCUT2D eigenvalue weighted by Crippen LogP contribution is -2.38. The van der Waals surface area contributed by atoms with E-state index in [4.69, 9.17) is 11.6 Å². The number of fused-ring (bicyclic) bond motifs is 1. The first kappa shape index (κ1) is 14.1. The molecule has 0 fully saturated rings. The molecule has 3 nitrogen and oxygen atoms in total. The molecule has 4 heteroatoms. The summed E-state index contributed by atoms with van der Waals surface area (Å²) in [5, 5.41) is 8.62. The quantitative estimate of drug-likeness (QED) is 0.837. The van der Waals surface area contributed by atoms with Gasteiger partial charge in [0.05, 0.1) is 11.2 Å². The van der Waals surface area contributed by atoms with Crippen LogP contribution >= 0.6 is 11.6 Å². The van der Waals surface area contributed by atoms with Crippen molar-refractivity contribution in [2.45, 2.75) is 26.3 Å². The molecule has 0 unspecified atom stereocenters. The number of anilines is 1. The maximum atomic E-state index is 6.13. The number of pyridine rings is 1. The molecular weight excluding hydrogens is 258 g/mol. The Morgan fingerprint density at radius 1 is 1.21 bits per heavy atom. The van der Waals surface area contributed by atoms with Crippen LogP contribution in [0, 0.1) is 0 Å². The Morgan fingerprint density at radius 2 is 2.00 bits per heavy atom. The molecule has 0 saturated heterocycles. The van der Waals surface area contributed by atoms with Gasteiger partial charge in [0.2, 0.25) is 0 Å². The van der Waals surface area contributed by atoms with Gasteiger partial charge in [-0.15, -0.1) is 0 Å². The highest BCUT2D eigenvalue weighted by Gasteiger charge is 2.08. The molecule has 0 saturated carbocycles. The lowest BCUT2D eigenvalue weighted by molar-refractivity contribution is 0.435. The maximum absolute atomic E-state index is 6.13. The van der Waals surface area contributed by atoms with Gasteiger partial charge in [-0.05, 0) is 39.0 Å². The number of rotatable bonds is 4. The van der Waals surface area contributed by atoms with Gasteiger partial charge in [0.1, 0.15) is 0 Å². The number of halogens is 1. The molecule has 0 atom stereocenters. The summed E-state index contributed by atoms with van der Waals surface area (Å²) in [5.74, 6) is 0. The summed E-state index contributed by atoms with van der Waals surface area (Å²) in [7, 11) is 0. The molecule has 0 aliphatic rings. The summed E-state index contributed by atoms with van der Waals surface area (Å²) < 4.78 is 0. The van der Waals surface area contributed by atoms with Gasteiger partial charge in [0.15, 0.2) is 0 Å². The molecule has 1 aromatic heterocycles. The monoisotopic (exact) mass is 277 g/mol. The van der Waals surface area contributed by atoms with E-state index < -0.39 is 0 Å². The van der Waals surface area contributed by atoms with Crippen LogP contribution in [0.3, 0.4) is 0 Å². The van der Waals surface area contributed by atoms with Crippen molar-refractivity contribution in [3.8, 4) is 0 Å². The molecule has 19 heavy (non-hydrogen) atoms. The van der Waals surface area contributed by atoms with Gasteiger partial charge in [-0.2, -0.15) is 0 Å². The molecule has 0 spiro atoms. The average Bonchev–Trinajstić information content (AvgIpc) is 2.33. The van der Waals surface area contributed by atoms with Crippen molar-refractivity contribution in [2.75, 3.05) is 18.4 Å². The first-order valence-corrected chi connectivity index (χ1v) is 6.87. The average molecular weight is 278 g/mol. The van der Waals surface area contributed by atoms with E-state index in [2.05, 4.69) is 36.4 Å². The highest BCUT2D eigenvalue weighted by atomic mass is 35.5. The number of nitrogens with zero attached hydrogens (tertiary/aromatic N) is 1. The third kappa shape index (κ3) is 4.08. The summed E-state index contributed by atoms with van der Waals surface area (Å²) in [6.07, 6.45) is 1.80. The van der Waals surface area contributed by atoms with Crippen LogP contribution in [-0.2, 0) is 0 Å². The summed E-state index contributed by atoms with van der Waals surface area (Å²) in [6, 6.07) is 7.80. The van der Waals surface area contributed by atoms with Crippen LogP contribution < -0.4 is 10.6 Å². The van der Waals surface area contributed by atoms with Gasteiger partial charge in [-0.3, -0.25) is 4.98 Å². The molecule has 2 rings (SSSR count).